The lowest BCUT2D eigenvalue weighted by atomic mass is 10.1. The van der Waals surface area contributed by atoms with Crippen molar-refractivity contribution < 1.29 is 9.90 Å². The lowest BCUT2D eigenvalue weighted by molar-refractivity contribution is 0.0693. The smallest absolute Gasteiger partial charge is 0.343 e. The van der Waals surface area contributed by atoms with E-state index < -0.39 is 11.5 Å². The van der Waals surface area contributed by atoms with Crippen molar-refractivity contribution in [3.05, 3.63) is 50.4 Å². The van der Waals surface area contributed by atoms with Gasteiger partial charge in [0.2, 0.25) is 0 Å². The van der Waals surface area contributed by atoms with Crippen LogP contribution in [0.5, 0.6) is 0 Å². The monoisotopic (exact) mass is 278 g/mol. The summed E-state index contributed by atoms with van der Waals surface area (Å²) in [7, 11) is 0. The van der Waals surface area contributed by atoms with Gasteiger partial charge in [0.05, 0.1) is 10.7 Å². The average Bonchev–Trinajstić information content (AvgIpc) is 2.31. The van der Waals surface area contributed by atoms with Crippen molar-refractivity contribution in [2.75, 3.05) is 0 Å². The second-order valence-corrected chi connectivity index (χ2v) is 4.49. The first-order chi connectivity index (χ1) is 8.91. The van der Waals surface area contributed by atoms with Crippen molar-refractivity contribution in [3.8, 4) is 11.4 Å². The van der Waals surface area contributed by atoms with E-state index in [1.807, 2.05) is 13.0 Å². The molecule has 0 radical (unpaired) electrons. The Balaban J connectivity index is 2.69. The second kappa shape index (κ2) is 4.85. The molecule has 1 aromatic carbocycles. The largest absolute Gasteiger partial charge is 0.477 e. The summed E-state index contributed by atoms with van der Waals surface area (Å²) in [5.74, 6) is -1.03. The maximum absolute atomic E-state index is 11.8. The highest BCUT2D eigenvalue weighted by Crippen LogP contribution is 2.27. The Labute approximate surface area is 113 Å². The average molecular weight is 279 g/mol. The van der Waals surface area contributed by atoms with Gasteiger partial charge in [0.15, 0.2) is 0 Å². The Bertz CT molecular complexity index is 722. The molecule has 2 aromatic rings. The molecule has 0 atom stereocenters. The molecule has 5 nitrogen and oxygen atoms in total. The van der Waals surface area contributed by atoms with Crippen LogP contribution in [0, 0.1) is 13.8 Å². The summed E-state index contributed by atoms with van der Waals surface area (Å²) in [5, 5.41) is 9.40. The zero-order valence-electron chi connectivity index (χ0n) is 10.3. The molecule has 0 aliphatic heterocycles. The zero-order chi connectivity index (χ0) is 14.2. The molecule has 98 valence electrons. The number of carboxylic acids is 1. The molecule has 0 aliphatic carbocycles. The number of aromatic amines is 1. The Morgan fingerprint density at radius 3 is 2.63 bits per heavy atom. The standard InChI is InChI=1S/C13H11ClN2O3/c1-6-4-3-5-8(10(6)14)11-15-7(2)9(13(18)19)12(17)16-11/h3-5H,1-2H3,(H,18,19)(H,15,16,17). The maximum Gasteiger partial charge on any atom is 0.343 e. The van der Waals surface area contributed by atoms with Gasteiger partial charge in [-0.1, -0.05) is 23.7 Å². The predicted octanol–water partition coefficient (Wildman–Crippen LogP) is 2.41. The predicted molar refractivity (Wildman–Crippen MR) is 71.7 cm³/mol. The molecule has 0 saturated carbocycles. The first kappa shape index (κ1) is 13.3. The highest BCUT2D eigenvalue weighted by atomic mass is 35.5. The summed E-state index contributed by atoms with van der Waals surface area (Å²) >= 11 is 6.16. The van der Waals surface area contributed by atoms with Gasteiger partial charge in [-0.2, -0.15) is 0 Å². The molecular formula is C13H11ClN2O3. The number of rotatable bonds is 2. The number of hydrogen-bond donors (Lipinski definition) is 2. The molecule has 1 heterocycles. The number of halogens is 1. The van der Waals surface area contributed by atoms with Crippen LogP contribution in [0.1, 0.15) is 21.6 Å². The molecule has 0 spiro atoms. The number of carboxylic acid groups (broad SMARTS) is 1. The minimum Gasteiger partial charge on any atom is -0.477 e. The SMILES string of the molecule is Cc1cccc(-c2nc(C)c(C(=O)O)c(=O)[nH]2)c1Cl. The number of aromatic carboxylic acids is 1. The summed E-state index contributed by atoms with van der Waals surface area (Å²) in [6, 6.07) is 5.34. The Morgan fingerprint density at radius 2 is 2.05 bits per heavy atom. The minimum atomic E-state index is -1.30. The van der Waals surface area contributed by atoms with Gasteiger partial charge in [0.1, 0.15) is 11.4 Å². The van der Waals surface area contributed by atoms with Gasteiger partial charge >= 0.3 is 5.97 Å². The van der Waals surface area contributed by atoms with E-state index in [-0.39, 0.29) is 17.1 Å². The summed E-state index contributed by atoms with van der Waals surface area (Å²) in [4.78, 5) is 29.2. The molecule has 0 fully saturated rings. The molecule has 1 aromatic heterocycles. The van der Waals surface area contributed by atoms with Crippen LogP contribution >= 0.6 is 11.6 Å². The molecule has 2 N–H and O–H groups in total. The molecular weight excluding hydrogens is 268 g/mol. The van der Waals surface area contributed by atoms with Crippen molar-refractivity contribution in [1.82, 2.24) is 9.97 Å². The van der Waals surface area contributed by atoms with Crippen LogP contribution in [0.15, 0.2) is 23.0 Å². The van der Waals surface area contributed by atoms with Gasteiger partial charge in [-0.25, -0.2) is 9.78 Å². The highest BCUT2D eigenvalue weighted by molar-refractivity contribution is 6.33. The summed E-state index contributed by atoms with van der Waals surface area (Å²) in [6.45, 7) is 3.31. The lowest BCUT2D eigenvalue weighted by Crippen LogP contribution is -2.21. The van der Waals surface area contributed by atoms with E-state index in [4.69, 9.17) is 16.7 Å². The number of hydrogen-bond acceptors (Lipinski definition) is 3. The Kier molecular flexibility index (Phi) is 3.40. The molecule has 2 rings (SSSR count). The fourth-order valence-corrected chi connectivity index (χ4v) is 2.01. The van der Waals surface area contributed by atoms with E-state index in [1.165, 1.54) is 6.92 Å². The Morgan fingerprint density at radius 1 is 1.37 bits per heavy atom. The molecule has 0 bridgehead atoms. The third-order valence-electron chi connectivity index (χ3n) is 2.76. The normalized spacial score (nSPS) is 10.5. The van der Waals surface area contributed by atoms with Crippen molar-refractivity contribution >= 4 is 17.6 Å². The molecule has 19 heavy (non-hydrogen) atoms. The number of H-pyrrole nitrogens is 1. The fourth-order valence-electron chi connectivity index (χ4n) is 1.80. The number of aromatic nitrogens is 2. The minimum absolute atomic E-state index is 0.156. The number of nitrogens with zero attached hydrogens (tertiary/aromatic N) is 1. The van der Waals surface area contributed by atoms with Gasteiger partial charge in [-0.15, -0.1) is 0 Å². The van der Waals surface area contributed by atoms with Crippen molar-refractivity contribution in [3.63, 3.8) is 0 Å². The molecule has 0 aliphatic rings. The number of benzene rings is 1. The highest BCUT2D eigenvalue weighted by Gasteiger charge is 2.16. The van der Waals surface area contributed by atoms with Gasteiger partial charge in [-0.3, -0.25) is 4.79 Å². The first-order valence-corrected chi connectivity index (χ1v) is 5.89. The third-order valence-corrected chi connectivity index (χ3v) is 3.26. The van der Waals surface area contributed by atoms with Crippen LogP contribution in [-0.2, 0) is 0 Å². The Hall–Kier alpha value is -2.14. The molecule has 0 saturated heterocycles. The number of carbonyl (C=O) groups is 1. The molecule has 6 heteroatoms. The van der Waals surface area contributed by atoms with Crippen molar-refractivity contribution in [1.29, 1.82) is 0 Å². The van der Waals surface area contributed by atoms with Crippen LogP contribution in [-0.4, -0.2) is 21.0 Å². The second-order valence-electron chi connectivity index (χ2n) is 4.12. The van der Waals surface area contributed by atoms with Gasteiger partial charge in [-0.05, 0) is 25.5 Å². The zero-order valence-corrected chi connectivity index (χ0v) is 11.1. The molecule has 0 unspecified atom stereocenters. The van der Waals surface area contributed by atoms with E-state index in [9.17, 15) is 9.59 Å². The van der Waals surface area contributed by atoms with E-state index >= 15 is 0 Å². The van der Waals surface area contributed by atoms with Crippen molar-refractivity contribution in [2.24, 2.45) is 0 Å². The lowest BCUT2D eigenvalue weighted by Gasteiger charge is -2.07. The van der Waals surface area contributed by atoms with Gasteiger partial charge in [0.25, 0.3) is 5.56 Å². The van der Waals surface area contributed by atoms with Crippen LogP contribution < -0.4 is 5.56 Å². The van der Waals surface area contributed by atoms with Crippen LogP contribution in [0.2, 0.25) is 5.02 Å². The fraction of sp³-hybridized carbons (Fsp3) is 0.154. The van der Waals surface area contributed by atoms with Crippen LogP contribution in [0.25, 0.3) is 11.4 Å². The molecule has 0 amide bonds. The van der Waals surface area contributed by atoms with Gasteiger partial charge in [0, 0.05) is 5.56 Å². The summed E-state index contributed by atoms with van der Waals surface area (Å²) in [6.07, 6.45) is 0. The van der Waals surface area contributed by atoms with E-state index in [2.05, 4.69) is 9.97 Å². The topological polar surface area (TPSA) is 83.0 Å². The quantitative estimate of drug-likeness (QED) is 0.883. The van der Waals surface area contributed by atoms with E-state index in [0.717, 1.165) is 5.56 Å². The van der Waals surface area contributed by atoms with Gasteiger partial charge < -0.3 is 10.1 Å². The number of aryl methyl sites for hydroxylation is 2. The summed E-state index contributed by atoms with van der Waals surface area (Å²) < 4.78 is 0. The van der Waals surface area contributed by atoms with E-state index in [0.29, 0.717) is 10.6 Å². The van der Waals surface area contributed by atoms with Crippen LogP contribution in [0.3, 0.4) is 0 Å². The summed E-state index contributed by atoms with van der Waals surface area (Å²) in [5.41, 5.74) is 0.532. The third kappa shape index (κ3) is 2.37. The van der Waals surface area contributed by atoms with Crippen molar-refractivity contribution in [2.45, 2.75) is 13.8 Å². The number of nitrogens with one attached hydrogen (secondary N) is 1. The van der Waals surface area contributed by atoms with Crippen LogP contribution in [0.4, 0.5) is 0 Å². The van der Waals surface area contributed by atoms with E-state index in [1.54, 1.807) is 12.1 Å². The first-order valence-electron chi connectivity index (χ1n) is 5.51. The maximum atomic E-state index is 11.8.